The van der Waals surface area contributed by atoms with Crippen molar-refractivity contribution in [1.82, 2.24) is 35.1 Å². The lowest BCUT2D eigenvalue weighted by atomic mass is 9.71. The minimum absolute atomic E-state index is 0.358. The van der Waals surface area contributed by atoms with Gasteiger partial charge in [-0.2, -0.15) is 8.78 Å². The molecule has 57 heavy (non-hydrogen) atoms. The van der Waals surface area contributed by atoms with Crippen molar-refractivity contribution in [2.24, 2.45) is 5.41 Å². The van der Waals surface area contributed by atoms with Gasteiger partial charge in [0.05, 0.1) is 43.0 Å². The van der Waals surface area contributed by atoms with Crippen LogP contribution in [0.5, 0.6) is 0 Å². The fourth-order valence-corrected chi connectivity index (χ4v) is 8.52. The molecule has 0 bridgehead atoms. The zero-order valence-corrected chi connectivity index (χ0v) is 32.5. The molecule has 13 nitrogen and oxygen atoms in total. The number of hydrogen-bond donors (Lipinski definition) is 4. The number of carbonyl (C=O) groups excluding carboxylic acids is 2. The topological polar surface area (TPSA) is 166 Å². The number of methoxy groups -OCH3 is 1. The van der Waals surface area contributed by atoms with Crippen LogP contribution in [0, 0.1) is 5.41 Å². The van der Waals surface area contributed by atoms with E-state index in [0.717, 1.165) is 57.9 Å². The van der Waals surface area contributed by atoms with E-state index in [0.29, 0.717) is 44.0 Å². The molecule has 7 rings (SSSR count). The average Bonchev–Trinajstić information content (AvgIpc) is 4.02. The maximum atomic E-state index is 13.6. The molecule has 3 aromatic carbocycles. The molecule has 300 valence electrons. The molecule has 2 aromatic heterocycles. The number of carboxylic acid groups (broad SMARTS) is 1. The van der Waals surface area contributed by atoms with E-state index in [2.05, 4.69) is 86.9 Å². The number of aromatic nitrogens is 4. The quantitative estimate of drug-likeness (QED) is 0.110. The Labute approximate surface area is 328 Å². The molecule has 4 heterocycles. The van der Waals surface area contributed by atoms with Gasteiger partial charge in [0.15, 0.2) is 0 Å². The maximum Gasteiger partial charge on any atom is 0.408 e. The number of hydrogen-bond acceptors (Lipinski definition) is 7. The number of carbonyl (C=O) groups is 3. The summed E-state index contributed by atoms with van der Waals surface area (Å²) in [7, 11) is 1.13. The summed E-state index contributed by atoms with van der Waals surface area (Å²) in [6.45, 7) is 5.19. The van der Waals surface area contributed by atoms with Gasteiger partial charge in [0.1, 0.15) is 23.2 Å². The molecule has 4 atom stereocenters. The van der Waals surface area contributed by atoms with Gasteiger partial charge in [-0.25, -0.2) is 19.6 Å². The second-order valence-corrected chi connectivity index (χ2v) is 15.7. The fraction of sp³-hybridized carbons (Fsp3) is 0.405. The van der Waals surface area contributed by atoms with E-state index in [1.54, 1.807) is 12.4 Å². The number of H-pyrrole nitrogens is 2. The summed E-state index contributed by atoms with van der Waals surface area (Å²) in [6, 6.07) is 18.7. The average molecular weight is 784 g/mol. The minimum Gasteiger partial charge on any atom is -0.465 e. The van der Waals surface area contributed by atoms with Gasteiger partial charge in [-0.05, 0) is 77.6 Å². The van der Waals surface area contributed by atoms with Gasteiger partial charge in [-0.3, -0.25) is 9.69 Å². The van der Waals surface area contributed by atoms with E-state index in [9.17, 15) is 28.3 Å². The third-order valence-corrected chi connectivity index (χ3v) is 11.5. The summed E-state index contributed by atoms with van der Waals surface area (Å²) in [6.07, 6.45) is 3.06. The summed E-state index contributed by atoms with van der Waals surface area (Å²) in [5, 5.41) is 14.5. The molecule has 2 saturated heterocycles. The SMILES string of the molecule is COC(=O)N[C@H](C(=O)N1CCC[C@H]1c1ncc(-c2ccc3cc(-c4ccc(-c5cnc([C@@]6(C(C)(C)C)CCCN6C(=O)O)[nH]5)cc4)ccc3c2)[nH]1)[C@@H](C)OC(F)F. The molecule has 5 aromatic rings. The van der Waals surface area contributed by atoms with Crippen molar-refractivity contribution in [2.45, 2.75) is 83.7 Å². The summed E-state index contributed by atoms with van der Waals surface area (Å²) in [5.41, 5.74) is 4.40. The second-order valence-electron chi connectivity index (χ2n) is 15.7. The molecule has 2 aliphatic rings. The monoisotopic (exact) mass is 783 g/mol. The van der Waals surface area contributed by atoms with Crippen LogP contribution >= 0.6 is 0 Å². The standard InChI is InChI=1S/C42H47F2N7O6/c1-24(57-38(43)44)34(49-39(53)56-5)36(52)50-18-6-8-33(50)35-45-22-32(47-35)30-16-15-28-20-27(13-14-29(28)21-30)25-9-11-26(12-10-25)31-23-46-37(48-31)42(41(2,3)4)17-7-19-51(42)40(54)55/h9-16,20-24,33-34,38H,6-8,17-19H2,1-5H3,(H,45,47)(H,46,48)(H,49,53)(H,54,55)/t24-,33+,34+,42-/m1/s1. The van der Waals surface area contributed by atoms with Gasteiger partial charge in [-0.15, -0.1) is 0 Å². The van der Waals surface area contributed by atoms with Gasteiger partial charge in [0.2, 0.25) is 5.91 Å². The fourth-order valence-electron chi connectivity index (χ4n) is 8.52. The molecule has 3 amide bonds. The number of halogens is 2. The Bertz CT molecular complexity index is 2270. The van der Waals surface area contributed by atoms with Gasteiger partial charge >= 0.3 is 18.8 Å². The molecule has 2 fully saturated rings. The van der Waals surface area contributed by atoms with Crippen molar-refractivity contribution >= 4 is 28.9 Å². The summed E-state index contributed by atoms with van der Waals surface area (Å²) in [4.78, 5) is 57.1. The molecule has 4 N–H and O–H groups in total. The van der Waals surface area contributed by atoms with Crippen molar-refractivity contribution in [3.8, 4) is 33.6 Å². The number of alkyl carbamates (subject to hydrolysis) is 1. The molecule has 15 heteroatoms. The number of fused-ring (bicyclic) bond motifs is 1. The first kappa shape index (κ1) is 39.4. The highest BCUT2D eigenvalue weighted by Crippen LogP contribution is 2.50. The predicted octanol–water partition coefficient (Wildman–Crippen LogP) is 8.32. The van der Waals surface area contributed by atoms with Crippen LogP contribution in [0.15, 0.2) is 73.1 Å². The van der Waals surface area contributed by atoms with Gasteiger partial charge in [0, 0.05) is 18.7 Å². The van der Waals surface area contributed by atoms with Crippen molar-refractivity contribution in [3.63, 3.8) is 0 Å². The largest absolute Gasteiger partial charge is 0.465 e. The first-order chi connectivity index (χ1) is 27.2. The lowest BCUT2D eigenvalue weighted by molar-refractivity contribution is -0.171. The highest BCUT2D eigenvalue weighted by Gasteiger charge is 2.55. The molecule has 0 aliphatic carbocycles. The van der Waals surface area contributed by atoms with E-state index in [-0.39, 0.29) is 5.41 Å². The lowest BCUT2D eigenvalue weighted by Gasteiger charge is -2.45. The summed E-state index contributed by atoms with van der Waals surface area (Å²) >= 11 is 0. The second kappa shape index (κ2) is 15.6. The van der Waals surface area contributed by atoms with E-state index >= 15 is 0 Å². The van der Waals surface area contributed by atoms with Crippen LogP contribution in [0.4, 0.5) is 18.4 Å². The van der Waals surface area contributed by atoms with E-state index in [4.69, 9.17) is 4.98 Å². The number of ether oxygens (including phenoxy) is 2. The third kappa shape index (κ3) is 7.55. The zero-order valence-electron chi connectivity index (χ0n) is 32.5. The smallest absolute Gasteiger partial charge is 0.408 e. The number of imidazole rings is 2. The molecular weight excluding hydrogens is 737 g/mol. The first-order valence-electron chi connectivity index (χ1n) is 19.0. The number of nitrogens with one attached hydrogen (secondary N) is 3. The van der Waals surface area contributed by atoms with Crippen LogP contribution in [-0.2, 0) is 19.8 Å². The van der Waals surface area contributed by atoms with Crippen LogP contribution in [0.3, 0.4) is 0 Å². The first-order valence-corrected chi connectivity index (χ1v) is 19.0. The van der Waals surface area contributed by atoms with Crippen LogP contribution in [0.25, 0.3) is 44.4 Å². The Morgan fingerprint density at radius 2 is 1.53 bits per heavy atom. The van der Waals surface area contributed by atoms with E-state index in [1.165, 1.54) is 16.7 Å². The Balaban J connectivity index is 1.07. The molecule has 2 aliphatic heterocycles. The van der Waals surface area contributed by atoms with Gasteiger partial charge in [-0.1, -0.05) is 69.3 Å². The summed E-state index contributed by atoms with van der Waals surface area (Å²) in [5.74, 6) is 0.649. The molecule has 0 unspecified atom stereocenters. The number of aromatic amines is 2. The number of rotatable bonds is 10. The summed E-state index contributed by atoms with van der Waals surface area (Å²) < 4.78 is 35.3. The number of likely N-dealkylation sites (tertiary alicyclic amines) is 2. The van der Waals surface area contributed by atoms with E-state index < -0.39 is 48.4 Å². The van der Waals surface area contributed by atoms with Crippen molar-refractivity contribution in [3.05, 3.63) is 84.7 Å². The number of nitrogens with zero attached hydrogens (tertiary/aromatic N) is 4. The number of alkyl halides is 2. The normalized spacial score (nSPS) is 19.6. The van der Waals surface area contributed by atoms with Crippen LogP contribution < -0.4 is 5.32 Å². The van der Waals surface area contributed by atoms with Gasteiger partial charge in [0.25, 0.3) is 0 Å². The molecule has 0 radical (unpaired) electrons. The van der Waals surface area contributed by atoms with Crippen molar-refractivity contribution in [1.29, 1.82) is 0 Å². The van der Waals surface area contributed by atoms with Crippen molar-refractivity contribution < 1.29 is 37.7 Å². The molecule has 0 saturated carbocycles. The number of benzene rings is 3. The highest BCUT2D eigenvalue weighted by molar-refractivity contribution is 5.91. The van der Waals surface area contributed by atoms with Crippen LogP contribution in [-0.4, -0.2) is 91.9 Å². The third-order valence-electron chi connectivity index (χ3n) is 11.5. The molecule has 0 spiro atoms. The van der Waals surface area contributed by atoms with Crippen molar-refractivity contribution in [2.75, 3.05) is 20.2 Å². The van der Waals surface area contributed by atoms with E-state index in [1.807, 2.05) is 24.3 Å². The number of amides is 3. The van der Waals surface area contributed by atoms with Gasteiger partial charge < -0.3 is 34.8 Å². The van der Waals surface area contributed by atoms with Crippen LogP contribution in [0.2, 0.25) is 0 Å². The predicted molar refractivity (Wildman–Crippen MR) is 209 cm³/mol. The Kier molecular flexibility index (Phi) is 10.8. The Morgan fingerprint density at radius 3 is 2.19 bits per heavy atom. The van der Waals surface area contributed by atoms with Crippen LogP contribution in [0.1, 0.15) is 71.1 Å². The Morgan fingerprint density at radius 1 is 0.895 bits per heavy atom. The minimum atomic E-state index is -3.13. The Hall–Kier alpha value is -5.83. The zero-order chi connectivity index (χ0) is 40.6. The maximum absolute atomic E-state index is 13.6. The highest BCUT2D eigenvalue weighted by atomic mass is 19.3. The lowest BCUT2D eigenvalue weighted by Crippen LogP contribution is -2.54. The molecular formula is C42H47F2N7O6.